The molecule has 0 atom stereocenters. The quantitative estimate of drug-likeness (QED) is 0.569. The van der Waals surface area contributed by atoms with E-state index in [0.29, 0.717) is 15.7 Å². The van der Waals surface area contributed by atoms with Crippen molar-refractivity contribution in [1.29, 1.82) is 0 Å². The number of anilines is 1. The summed E-state index contributed by atoms with van der Waals surface area (Å²) in [4.78, 5) is 13.1. The van der Waals surface area contributed by atoms with Gasteiger partial charge in [-0.2, -0.15) is 0 Å². The van der Waals surface area contributed by atoms with Gasteiger partial charge < -0.3 is 9.88 Å². The predicted octanol–water partition coefficient (Wildman–Crippen LogP) is 5.65. The molecule has 0 unspecified atom stereocenters. The van der Waals surface area contributed by atoms with E-state index in [0.717, 1.165) is 61.4 Å². The van der Waals surface area contributed by atoms with E-state index in [2.05, 4.69) is 20.1 Å². The van der Waals surface area contributed by atoms with Crippen LogP contribution in [0.15, 0.2) is 42.5 Å². The van der Waals surface area contributed by atoms with Crippen LogP contribution in [0.1, 0.15) is 43.5 Å². The lowest BCUT2D eigenvalue weighted by atomic mass is 9.95. The van der Waals surface area contributed by atoms with Gasteiger partial charge in [0.05, 0.1) is 10.4 Å². The molecule has 2 aromatic carbocycles. The second-order valence-corrected chi connectivity index (χ2v) is 8.98. The molecule has 5 rings (SSSR count). The Morgan fingerprint density at radius 3 is 2.57 bits per heavy atom. The highest BCUT2D eigenvalue weighted by atomic mass is 35.5. The van der Waals surface area contributed by atoms with E-state index in [4.69, 9.17) is 23.2 Å². The van der Waals surface area contributed by atoms with Crippen LogP contribution in [0.4, 0.5) is 5.69 Å². The molecule has 1 fully saturated rings. The van der Waals surface area contributed by atoms with Gasteiger partial charge in [0.1, 0.15) is 5.82 Å². The predicted molar refractivity (Wildman–Crippen MR) is 119 cm³/mol. The number of carbonyl (C=O) groups excluding carboxylic acids is 1. The zero-order valence-corrected chi connectivity index (χ0v) is 18.0. The Morgan fingerprint density at radius 2 is 1.80 bits per heavy atom. The lowest BCUT2D eigenvalue weighted by molar-refractivity contribution is -0.118. The molecule has 1 amide bonds. The first-order valence-corrected chi connectivity index (χ1v) is 11.1. The molecule has 2 heterocycles. The molecular weight excluding hydrogens is 419 g/mol. The Kier molecular flexibility index (Phi) is 5.03. The first-order valence-electron chi connectivity index (χ1n) is 10.4. The lowest BCUT2D eigenvalue weighted by Gasteiger charge is -2.17. The SMILES string of the molecule is O=C(Nc1ccc(Cl)c(-c2nnc3n2CCCCC3)c1)C1(c2ccc(Cl)cc2)CC1. The fraction of sp³-hybridized carbons (Fsp3) is 0.348. The van der Waals surface area contributed by atoms with Gasteiger partial charge in [-0.3, -0.25) is 4.79 Å². The molecule has 1 aliphatic heterocycles. The molecule has 2 aliphatic rings. The van der Waals surface area contributed by atoms with Crippen molar-refractivity contribution in [2.24, 2.45) is 0 Å². The Bertz CT molecular complexity index is 1100. The van der Waals surface area contributed by atoms with E-state index in [1.807, 2.05) is 42.5 Å². The lowest BCUT2D eigenvalue weighted by Crippen LogP contribution is -2.27. The molecule has 154 valence electrons. The summed E-state index contributed by atoms with van der Waals surface area (Å²) in [7, 11) is 0. The number of nitrogens with one attached hydrogen (secondary N) is 1. The van der Waals surface area contributed by atoms with Crippen LogP contribution < -0.4 is 5.32 Å². The fourth-order valence-electron chi connectivity index (χ4n) is 4.25. The summed E-state index contributed by atoms with van der Waals surface area (Å²) in [5.41, 5.74) is 2.04. The van der Waals surface area contributed by atoms with Crippen LogP contribution in [0.5, 0.6) is 0 Å². The second-order valence-electron chi connectivity index (χ2n) is 8.14. The molecule has 0 spiro atoms. The highest BCUT2D eigenvalue weighted by molar-refractivity contribution is 6.33. The largest absolute Gasteiger partial charge is 0.325 e. The zero-order chi connectivity index (χ0) is 20.7. The number of hydrogen-bond acceptors (Lipinski definition) is 3. The Labute approximate surface area is 185 Å². The summed E-state index contributed by atoms with van der Waals surface area (Å²) in [5, 5.41) is 13.2. The molecule has 1 aromatic heterocycles. The van der Waals surface area contributed by atoms with Gasteiger partial charge in [0.25, 0.3) is 0 Å². The summed E-state index contributed by atoms with van der Waals surface area (Å²) in [6.07, 6.45) is 6.03. The van der Waals surface area contributed by atoms with Crippen LogP contribution in [0.25, 0.3) is 11.4 Å². The molecule has 1 saturated carbocycles. The third kappa shape index (κ3) is 3.50. The van der Waals surface area contributed by atoms with E-state index >= 15 is 0 Å². The molecule has 7 heteroatoms. The number of aryl methyl sites for hydroxylation is 1. The number of fused-ring (bicyclic) bond motifs is 1. The second kappa shape index (κ2) is 7.71. The van der Waals surface area contributed by atoms with Gasteiger partial charge in [-0.05, 0) is 61.6 Å². The molecule has 5 nitrogen and oxygen atoms in total. The number of nitrogens with zero attached hydrogens (tertiary/aromatic N) is 3. The van der Waals surface area contributed by atoms with E-state index < -0.39 is 5.41 Å². The monoisotopic (exact) mass is 440 g/mol. The third-order valence-electron chi connectivity index (χ3n) is 6.16. The summed E-state index contributed by atoms with van der Waals surface area (Å²) < 4.78 is 2.16. The first-order chi connectivity index (χ1) is 14.6. The molecule has 0 saturated heterocycles. The topological polar surface area (TPSA) is 59.8 Å². The summed E-state index contributed by atoms with van der Waals surface area (Å²) in [6.45, 7) is 0.893. The van der Waals surface area contributed by atoms with Gasteiger partial charge >= 0.3 is 0 Å². The van der Waals surface area contributed by atoms with Gasteiger partial charge in [0.2, 0.25) is 5.91 Å². The fourth-order valence-corrected chi connectivity index (χ4v) is 4.58. The average Bonchev–Trinajstić information content (AvgIpc) is 3.51. The van der Waals surface area contributed by atoms with Crippen molar-refractivity contribution in [3.05, 3.63) is 63.9 Å². The number of rotatable bonds is 4. The van der Waals surface area contributed by atoms with Crippen molar-refractivity contribution >= 4 is 34.8 Å². The summed E-state index contributed by atoms with van der Waals surface area (Å²) >= 11 is 12.5. The van der Waals surface area contributed by atoms with Gasteiger partial charge in [-0.15, -0.1) is 10.2 Å². The maximum Gasteiger partial charge on any atom is 0.235 e. The minimum atomic E-state index is -0.476. The van der Waals surface area contributed by atoms with Crippen LogP contribution in [0.3, 0.4) is 0 Å². The standard InChI is InChI=1S/C23H22Cl2N4O/c24-16-7-5-15(6-8-16)23(11-12-23)22(30)26-17-9-10-19(25)18(14-17)21-28-27-20-4-2-1-3-13-29(20)21/h5-10,14H,1-4,11-13H2,(H,26,30). The van der Waals surface area contributed by atoms with E-state index in [1.54, 1.807) is 0 Å². The number of carbonyl (C=O) groups is 1. The molecule has 0 radical (unpaired) electrons. The van der Waals surface area contributed by atoms with Crippen LogP contribution in [-0.4, -0.2) is 20.7 Å². The first kappa shape index (κ1) is 19.6. The Balaban J connectivity index is 1.43. The zero-order valence-electron chi connectivity index (χ0n) is 16.5. The maximum absolute atomic E-state index is 13.1. The van der Waals surface area contributed by atoms with Crippen molar-refractivity contribution in [3.63, 3.8) is 0 Å². The number of hydrogen-bond donors (Lipinski definition) is 1. The van der Waals surface area contributed by atoms with Crippen molar-refractivity contribution < 1.29 is 4.79 Å². The van der Waals surface area contributed by atoms with E-state index in [9.17, 15) is 4.79 Å². The third-order valence-corrected chi connectivity index (χ3v) is 6.74. The molecular formula is C23H22Cl2N4O. The Hall–Kier alpha value is -2.37. The summed E-state index contributed by atoms with van der Waals surface area (Å²) in [5.74, 6) is 1.78. The van der Waals surface area contributed by atoms with Gasteiger partial charge in [-0.25, -0.2) is 0 Å². The van der Waals surface area contributed by atoms with Crippen LogP contribution in [-0.2, 0) is 23.2 Å². The summed E-state index contributed by atoms with van der Waals surface area (Å²) in [6, 6.07) is 13.1. The van der Waals surface area contributed by atoms with Gasteiger partial charge in [0, 0.05) is 29.2 Å². The van der Waals surface area contributed by atoms with Gasteiger partial charge in [0.15, 0.2) is 5.82 Å². The van der Waals surface area contributed by atoms with Crippen molar-refractivity contribution in [2.75, 3.05) is 5.32 Å². The number of benzene rings is 2. The van der Waals surface area contributed by atoms with Crippen molar-refractivity contribution in [3.8, 4) is 11.4 Å². The average molecular weight is 441 g/mol. The molecule has 3 aromatic rings. The van der Waals surface area contributed by atoms with Crippen molar-refractivity contribution in [1.82, 2.24) is 14.8 Å². The van der Waals surface area contributed by atoms with E-state index in [-0.39, 0.29) is 5.91 Å². The smallest absolute Gasteiger partial charge is 0.235 e. The van der Waals surface area contributed by atoms with E-state index in [1.165, 1.54) is 6.42 Å². The highest BCUT2D eigenvalue weighted by Crippen LogP contribution is 2.49. The van der Waals surface area contributed by atoms with Gasteiger partial charge in [-0.1, -0.05) is 41.8 Å². The number of halogens is 2. The highest BCUT2D eigenvalue weighted by Gasteiger charge is 2.51. The number of aromatic nitrogens is 3. The normalized spacial score (nSPS) is 17.1. The van der Waals surface area contributed by atoms with Crippen LogP contribution >= 0.6 is 23.2 Å². The molecule has 1 N–H and O–H groups in total. The maximum atomic E-state index is 13.1. The molecule has 30 heavy (non-hydrogen) atoms. The molecule has 1 aliphatic carbocycles. The molecule has 0 bridgehead atoms. The van der Waals surface area contributed by atoms with Crippen molar-refractivity contribution in [2.45, 2.75) is 50.5 Å². The van der Waals surface area contributed by atoms with Crippen LogP contribution in [0.2, 0.25) is 10.0 Å². The number of amides is 1. The minimum absolute atomic E-state index is 0.00170. The Morgan fingerprint density at radius 1 is 1.00 bits per heavy atom. The minimum Gasteiger partial charge on any atom is -0.325 e. The van der Waals surface area contributed by atoms with Crippen LogP contribution in [0, 0.1) is 0 Å².